The molecular formula is C37H40N6O8. The summed E-state index contributed by atoms with van der Waals surface area (Å²) in [6.07, 6.45) is -1.13. The van der Waals surface area contributed by atoms with Crippen molar-refractivity contribution in [1.82, 2.24) is 24.8 Å². The molecule has 0 saturated carbocycles. The fraction of sp³-hybridized carbons (Fsp3) is 0.324. The number of nitrogens with zero attached hydrogens (tertiary/aromatic N) is 4. The van der Waals surface area contributed by atoms with E-state index < -0.39 is 30.1 Å². The number of rotatable bonds is 14. The van der Waals surface area contributed by atoms with Gasteiger partial charge in [0, 0.05) is 20.4 Å². The van der Waals surface area contributed by atoms with Gasteiger partial charge in [0.15, 0.2) is 23.2 Å². The summed E-state index contributed by atoms with van der Waals surface area (Å²) in [5.74, 6) is 1.06. The van der Waals surface area contributed by atoms with Gasteiger partial charge in [-0.3, -0.25) is 14.2 Å². The third-order valence-corrected chi connectivity index (χ3v) is 8.80. The van der Waals surface area contributed by atoms with E-state index in [1.54, 1.807) is 25.8 Å². The van der Waals surface area contributed by atoms with Crippen LogP contribution in [0.25, 0.3) is 11.2 Å². The number of amides is 2. The number of hydrogen-bond acceptors (Lipinski definition) is 11. The molecule has 3 N–H and O–H groups in total. The predicted molar refractivity (Wildman–Crippen MR) is 186 cm³/mol. The van der Waals surface area contributed by atoms with Crippen molar-refractivity contribution in [2.75, 3.05) is 39.8 Å². The normalized spacial score (nSPS) is 18.8. The third-order valence-electron chi connectivity index (χ3n) is 8.80. The van der Waals surface area contributed by atoms with Gasteiger partial charge in [0.1, 0.15) is 41.7 Å². The number of benzene rings is 3. The van der Waals surface area contributed by atoms with Gasteiger partial charge in [-0.15, -0.1) is 0 Å². The summed E-state index contributed by atoms with van der Waals surface area (Å²) in [6, 6.07) is 25.0. The molecule has 2 aromatic heterocycles. The Labute approximate surface area is 294 Å². The Kier molecular flexibility index (Phi) is 10.9. The Morgan fingerprint density at radius 3 is 2.12 bits per heavy atom. The Morgan fingerprint density at radius 2 is 1.53 bits per heavy atom. The fourth-order valence-corrected chi connectivity index (χ4v) is 6.25. The largest absolute Gasteiger partial charge is 0.497 e. The number of methoxy groups -OCH3 is 2. The molecule has 0 aliphatic carbocycles. The summed E-state index contributed by atoms with van der Waals surface area (Å²) in [5.41, 5.74) is 1.97. The highest BCUT2D eigenvalue weighted by molar-refractivity contribution is 5.95. The van der Waals surface area contributed by atoms with Gasteiger partial charge in [-0.2, -0.15) is 0 Å². The smallest absolute Gasteiger partial charge is 0.222 e. The lowest BCUT2D eigenvalue weighted by Gasteiger charge is -2.37. The van der Waals surface area contributed by atoms with Crippen LogP contribution in [0.2, 0.25) is 0 Å². The maximum Gasteiger partial charge on any atom is 0.222 e. The number of carbonyl (C=O) groups is 2. The number of imidazole rings is 1. The minimum Gasteiger partial charge on any atom is -0.497 e. The van der Waals surface area contributed by atoms with Gasteiger partial charge < -0.3 is 39.4 Å². The number of fused-ring (bicyclic) bond motifs is 1. The SMILES string of the molecule is CNC(=O)CCOC1C(O)[C@@H](COC(c2ccccc2)(c2ccc(OC)cc2)c2ccc(OC)cc2)O[C@H]1n1cnc2c(NC(C)=O)ncnc21. The summed E-state index contributed by atoms with van der Waals surface area (Å²) in [5, 5.41) is 17.1. The molecule has 4 atom stereocenters. The second-order valence-corrected chi connectivity index (χ2v) is 11.9. The maximum absolute atomic E-state index is 12.1. The van der Waals surface area contributed by atoms with Crippen molar-refractivity contribution < 1.29 is 38.4 Å². The number of aromatic nitrogens is 4. The number of hydrogen-bond donors (Lipinski definition) is 3. The minimum absolute atomic E-state index is 0.0131. The summed E-state index contributed by atoms with van der Waals surface area (Å²) < 4.78 is 32.3. The summed E-state index contributed by atoms with van der Waals surface area (Å²) in [7, 11) is 4.76. The van der Waals surface area contributed by atoms with Gasteiger partial charge in [-0.05, 0) is 41.0 Å². The summed E-state index contributed by atoms with van der Waals surface area (Å²) >= 11 is 0. The molecule has 51 heavy (non-hydrogen) atoms. The highest BCUT2D eigenvalue weighted by Crippen LogP contribution is 2.43. The fourth-order valence-electron chi connectivity index (χ4n) is 6.25. The van der Waals surface area contributed by atoms with Gasteiger partial charge in [0.05, 0.1) is 33.8 Å². The van der Waals surface area contributed by atoms with Crippen molar-refractivity contribution in [3.8, 4) is 11.5 Å². The lowest BCUT2D eigenvalue weighted by atomic mass is 9.80. The topological polar surface area (TPSA) is 168 Å². The van der Waals surface area contributed by atoms with E-state index in [4.69, 9.17) is 23.7 Å². The predicted octanol–water partition coefficient (Wildman–Crippen LogP) is 3.59. The Balaban J connectivity index is 1.39. The van der Waals surface area contributed by atoms with Crippen LogP contribution in [0.4, 0.5) is 5.82 Å². The average Bonchev–Trinajstić information content (AvgIpc) is 3.73. The number of nitrogens with one attached hydrogen (secondary N) is 2. The molecule has 6 rings (SSSR count). The quantitative estimate of drug-likeness (QED) is 0.145. The zero-order valence-electron chi connectivity index (χ0n) is 28.7. The molecule has 5 aromatic rings. The molecule has 14 nitrogen and oxygen atoms in total. The highest BCUT2D eigenvalue weighted by atomic mass is 16.6. The van der Waals surface area contributed by atoms with Crippen LogP contribution in [0, 0.1) is 0 Å². The molecule has 3 aromatic carbocycles. The van der Waals surface area contributed by atoms with Gasteiger partial charge in [0.25, 0.3) is 0 Å². The second-order valence-electron chi connectivity index (χ2n) is 11.9. The van der Waals surface area contributed by atoms with Crippen LogP contribution in [-0.4, -0.2) is 89.2 Å². The van der Waals surface area contributed by atoms with Crippen molar-refractivity contribution >= 4 is 28.8 Å². The van der Waals surface area contributed by atoms with E-state index in [9.17, 15) is 14.7 Å². The van der Waals surface area contributed by atoms with E-state index in [1.807, 2.05) is 78.9 Å². The summed E-state index contributed by atoms with van der Waals surface area (Å²) in [4.78, 5) is 36.9. The first-order chi connectivity index (χ1) is 24.8. The number of anilines is 1. The molecule has 0 radical (unpaired) electrons. The van der Waals surface area contributed by atoms with Crippen molar-refractivity contribution in [3.05, 3.63) is 108 Å². The number of aliphatic hydroxyl groups is 1. The molecule has 14 heteroatoms. The van der Waals surface area contributed by atoms with Crippen LogP contribution in [0.5, 0.6) is 11.5 Å². The monoisotopic (exact) mass is 696 g/mol. The van der Waals surface area contributed by atoms with Gasteiger partial charge in [-0.25, -0.2) is 15.0 Å². The van der Waals surface area contributed by atoms with Crippen molar-refractivity contribution in [2.45, 2.75) is 43.5 Å². The lowest BCUT2D eigenvalue weighted by molar-refractivity contribution is -0.124. The van der Waals surface area contributed by atoms with E-state index in [0.29, 0.717) is 22.7 Å². The van der Waals surface area contributed by atoms with E-state index in [0.717, 1.165) is 16.7 Å². The zero-order chi connectivity index (χ0) is 36.0. The van der Waals surface area contributed by atoms with E-state index in [-0.39, 0.29) is 37.3 Å². The van der Waals surface area contributed by atoms with Crippen molar-refractivity contribution in [3.63, 3.8) is 0 Å². The molecule has 0 bridgehead atoms. The molecule has 1 fully saturated rings. The number of carbonyl (C=O) groups excluding carboxylic acids is 2. The molecule has 1 saturated heterocycles. The molecule has 1 aliphatic rings. The first-order valence-electron chi connectivity index (χ1n) is 16.4. The Morgan fingerprint density at radius 1 is 0.902 bits per heavy atom. The van der Waals surface area contributed by atoms with Gasteiger partial charge in [-0.1, -0.05) is 54.6 Å². The van der Waals surface area contributed by atoms with Crippen LogP contribution in [-0.2, 0) is 29.4 Å². The first-order valence-corrected chi connectivity index (χ1v) is 16.4. The van der Waals surface area contributed by atoms with Gasteiger partial charge >= 0.3 is 0 Å². The lowest BCUT2D eigenvalue weighted by Crippen LogP contribution is -2.40. The van der Waals surface area contributed by atoms with Crippen LogP contribution >= 0.6 is 0 Å². The molecule has 2 amide bonds. The van der Waals surface area contributed by atoms with Crippen molar-refractivity contribution in [1.29, 1.82) is 0 Å². The Bertz CT molecular complexity index is 1890. The van der Waals surface area contributed by atoms with E-state index >= 15 is 0 Å². The third kappa shape index (κ3) is 7.25. The second kappa shape index (κ2) is 15.6. The number of aliphatic hydroxyl groups excluding tert-OH is 1. The molecule has 2 unspecified atom stereocenters. The molecule has 3 heterocycles. The van der Waals surface area contributed by atoms with Crippen LogP contribution < -0.4 is 20.1 Å². The molecular weight excluding hydrogens is 656 g/mol. The molecule has 0 spiro atoms. The van der Waals surface area contributed by atoms with Crippen LogP contribution in [0.15, 0.2) is 91.5 Å². The van der Waals surface area contributed by atoms with E-state index in [2.05, 4.69) is 25.6 Å². The van der Waals surface area contributed by atoms with Gasteiger partial charge in [0.2, 0.25) is 11.8 Å². The average molecular weight is 697 g/mol. The van der Waals surface area contributed by atoms with E-state index in [1.165, 1.54) is 19.6 Å². The minimum atomic E-state index is -1.20. The highest BCUT2D eigenvalue weighted by Gasteiger charge is 2.48. The number of ether oxygens (including phenoxy) is 5. The van der Waals surface area contributed by atoms with Crippen LogP contribution in [0.1, 0.15) is 36.3 Å². The van der Waals surface area contributed by atoms with Crippen molar-refractivity contribution in [2.24, 2.45) is 0 Å². The maximum atomic E-state index is 12.1. The molecule has 1 aliphatic heterocycles. The molecule has 266 valence electrons. The first kappa shape index (κ1) is 35.4. The Hall–Kier alpha value is -5.41. The standard InChI is InChI=1S/C37H40N6O8/c1-23(44)42-34-31-35(40-21-39-34)43(22-41-31)36-33(49-19-18-30(45)38-2)32(46)29(51-36)20-50-37(24-8-6-5-7-9-24,25-10-14-27(47-3)15-11-25)26-12-16-28(48-4)17-13-26/h5-17,21-22,29,32-33,36,46H,18-20H2,1-4H3,(H,38,45)(H,39,40,42,44)/t29-,32?,33?,36-/m1/s1. The van der Waals surface area contributed by atoms with Crippen LogP contribution in [0.3, 0.4) is 0 Å². The summed E-state index contributed by atoms with van der Waals surface area (Å²) in [6.45, 7) is 1.30. The zero-order valence-corrected chi connectivity index (χ0v) is 28.7.